The van der Waals surface area contributed by atoms with E-state index in [-0.39, 0.29) is 5.88 Å². The summed E-state index contributed by atoms with van der Waals surface area (Å²) in [6, 6.07) is 4.93. The van der Waals surface area contributed by atoms with Crippen LogP contribution >= 0.6 is 0 Å². The number of rotatable bonds is 1. The maximum absolute atomic E-state index is 12.6. The lowest BCUT2D eigenvalue weighted by Crippen LogP contribution is -1.82. The molecule has 0 aliphatic carbocycles. The molecule has 2 aromatic rings. The van der Waals surface area contributed by atoms with Gasteiger partial charge in [-0.25, -0.2) is 4.39 Å². The monoisotopic (exact) mass is 181 g/mol. The first-order valence-corrected chi connectivity index (χ1v) is 3.50. The molecule has 2 rings (SSSR count). The van der Waals surface area contributed by atoms with Crippen molar-refractivity contribution in [1.82, 2.24) is 0 Å². The minimum atomic E-state index is -0.655. The number of hydrogen-bond acceptors (Lipinski definition) is 3. The van der Waals surface area contributed by atoms with E-state index < -0.39 is 10.7 Å². The Bertz CT molecular complexity index is 477. The van der Waals surface area contributed by atoms with Crippen LogP contribution in [0, 0.1) is 15.9 Å². The summed E-state index contributed by atoms with van der Waals surface area (Å²) in [4.78, 5) is 9.62. The second-order valence-electron chi connectivity index (χ2n) is 2.52. The van der Waals surface area contributed by atoms with Gasteiger partial charge in [-0.2, -0.15) is 0 Å². The quantitative estimate of drug-likeness (QED) is 0.501. The van der Waals surface area contributed by atoms with Crippen LogP contribution in [0.4, 0.5) is 10.3 Å². The molecule has 0 aliphatic rings. The molecule has 0 amide bonds. The van der Waals surface area contributed by atoms with E-state index in [1.54, 1.807) is 0 Å². The molecule has 0 unspecified atom stereocenters. The maximum atomic E-state index is 12.6. The summed E-state index contributed by atoms with van der Waals surface area (Å²) in [5.74, 6) is -0.816. The number of fused-ring (bicyclic) bond motifs is 1. The van der Waals surface area contributed by atoms with Crippen molar-refractivity contribution in [2.24, 2.45) is 0 Å². The van der Waals surface area contributed by atoms with Gasteiger partial charge in [0, 0.05) is 5.39 Å². The molecule has 5 heteroatoms. The van der Waals surface area contributed by atoms with Gasteiger partial charge in [-0.15, -0.1) is 0 Å². The first-order chi connectivity index (χ1) is 6.16. The number of benzene rings is 1. The van der Waals surface area contributed by atoms with E-state index in [2.05, 4.69) is 0 Å². The van der Waals surface area contributed by atoms with E-state index in [1.807, 2.05) is 0 Å². The zero-order valence-electron chi connectivity index (χ0n) is 6.36. The predicted molar refractivity (Wildman–Crippen MR) is 42.8 cm³/mol. The first-order valence-electron chi connectivity index (χ1n) is 3.50. The van der Waals surface area contributed by atoms with Crippen molar-refractivity contribution in [3.8, 4) is 0 Å². The third kappa shape index (κ3) is 1.24. The molecule has 13 heavy (non-hydrogen) atoms. The third-order valence-electron chi connectivity index (χ3n) is 1.65. The molecule has 0 bridgehead atoms. The lowest BCUT2D eigenvalue weighted by atomic mass is 10.2. The van der Waals surface area contributed by atoms with Crippen molar-refractivity contribution in [3.63, 3.8) is 0 Å². The molecule has 66 valence electrons. The Labute approximate surface area is 71.7 Å². The molecule has 4 nitrogen and oxygen atoms in total. The fourth-order valence-electron chi connectivity index (χ4n) is 1.09. The highest BCUT2D eigenvalue weighted by atomic mass is 19.1. The molecule has 0 spiro atoms. The summed E-state index contributed by atoms with van der Waals surface area (Å²) in [5, 5.41) is 10.7. The summed E-state index contributed by atoms with van der Waals surface area (Å²) in [7, 11) is 0. The molecule has 0 atom stereocenters. The zero-order valence-corrected chi connectivity index (χ0v) is 6.36. The predicted octanol–water partition coefficient (Wildman–Crippen LogP) is 2.48. The van der Waals surface area contributed by atoms with Gasteiger partial charge in [-0.1, -0.05) is 0 Å². The topological polar surface area (TPSA) is 56.3 Å². The van der Waals surface area contributed by atoms with Crippen LogP contribution in [-0.4, -0.2) is 4.92 Å². The van der Waals surface area contributed by atoms with Crippen LogP contribution in [0.1, 0.15) is 0 Å². The average Bonchev–Trinajstić information content (AvgIpc) is 2.46. The second kappa shape index (κ2) is 2.55. The Morgan fingerprint density at radius 3 is 2.85 bits per heavy atom. The van der Waals surface area contributed by atoms with Crippen LogP contribution in [0.15, 0.2) is 28.7 Å². The molecule has 0 radical (unpaired) electrons. The minimum absolute atomic E-state index is 0.313. The van der Waals surface area contributed by atoms with E-state index in [9.17, 15) is 14.5 Å². The highest BCUT2D eigenvalue weighted by Gasteiger charge is 2.13. The summed E-state index contributed by atoms with van der Waals surface area (Å²) >= 11 is 0. The smallest absolute Gasteiger partial charge is 0.401 e. The van der Waals surface area contributed by atoms with E-state index in [0.717, 1.165) is 0 Å². The average molecular weight is 181 g/mol. The number of hydrogen-bond donors (Lipinski definition) is 0. The van der Waals surface area contributed by atoms with Crippen LogP contribution in [0.25, 0.3) is 11.0 Å². The van der Waals surface area contributed by atoms with Gasteiger partial charge in [0.2, 0.25) is 0 Å². The molecular weight excluding hydrogens is 177 g/mol. The third-order valence-corrected chi connectivity index (χ3v) is 1.65. The Kier molecular flexibility index (Phi) is 1.51. The van der Waals surface area contributed by atoms with Gasteiger partial charge in [0.15, 0.2) is 0 Å². The van der Waals surface area contributed by atoms with E-state index in [4.69, 9.17) is 4.42 Å². The number of nitrogens with zero attached hydrogens (tertiary/aromatic N) is 1. The first kappa shape index (κ1) is 7.72. The van der Waals surface area contributed by atoms with Crippen LogP contribution in [-0.2, 0) is 0 Å². The summed E-state index contributed by atoms with van der Waals surface area (Å²) in [6.07, 6.45) is 0. The summed E-state index contributed by atoms with van der Waals surface area (Å²) < 4.78 is 17.5. The number of halogens is 1. The molecule has 0 aliphatic heterocycles. The highest BCUT2D eigenvalue weighted by molar-refractivity contribution is 5.79. The van der Waals surface area contributed by atoms with Crippen LogP contribution in [0.2, 0.25) is 0 Å². The molecular formula is C8H4FNO3. The number of furan rings is 1. The Hall–Kier alpha value is -1.91. The molecule has 1 heterocycles. The normalized spacial score (nSPS) is 10.5. The lowest BCUT2D eigenvalue weighted by Gasteiger charge is -1.85. The molecule has 0 fully saturated rings. The van der Waals surface area contributed by atoms with Gasteiger partial charge < -0.3 is 4.42 Å². The van der Waals surface area contributed by atoms with Crippen LogP contribution in [0.5, 0.6) is 0 Å². The van der Waals surface area contributed by atoms with Crippen molar-refractivity contribution >= 4 is 16.9 Å². The Morgan fingerprint density at radius 1 is 1.38 bits per heavy atom. The largest absolute Gasteiger partial charge is 0.434 e. The minimum Gasteiger partial charge on any atom is -0.401 e. The van der Waals surface area contributed by atoms with Crippen LogP contribution < -0.4 is 0 Å². The van der Waals surface area contributed by atoms with E-state index in [1.165, 1.54) is 24.3 Å². The van der Waals surface area contributed by atoms with Crippen molar-refractivity contribution in [2.75, 3.05) is 0 Å². The fraction of sp³-hybridized carbons (Fsp3) is 0. The van der Waals surface area contributed by atoms with Gasteiger partial charge in [0.1, 0.15) is 16.3 Å². The Balaban J connectivity index is 2.68. The second-order valence-corrected chi connectivity index (χ2v) is 2.52. The molecule has 0 saturated heterocycles. The van der Waals surface area contributed by atoms with Gasteiger partial charge in [-0.3, -0.25) is 10.1 Å². The van der Waals surface area contributed by atoms with Gasteiger partial charge in [0.05, 0.1) is 6.07 Å². The van der Waals surface area contributed by atoms with Crippen molar-refractivity contribution in [1.29, 1.82) is 0 Å². The number of nitro groups is 1. The Morgan fingerprint density at radius 2 is 2.15 bits per heavy atom. The van der Waals surface area contributed by atoms with Crippen molar-refractivity contribution in [2.45, 2.75) is 0 Å². The fourth-order valence-corrected chi connectivity index (χ4v) is 1.09. The van der Waals surface area contributed by atoms with E-state index in [0.29, 0.717) is 11.0 Å². The maximum Gasteiger partial charge on any atom is 0.434 e. The lowest BCUT2D eigenvalue weighted by molar-refractivity contribution is -0.401. The summed E-state index contributed by atoms with van der Waals surface area (Å²) in [5.41, 5.74) is 0.313. The van der Waals surface area contributed by atoms with Crippen molar-refractivity contribution in [3.05, 3.63) is 40.2 Å². The molecule has 1 aromatic heterocycles. The van der Waals surface area contributed by atoms with Gasteiger partial charge in [0.25, 0.3) is 0 Å². The molecule has 0 saturated carbocycles. The van der Waals surface area contributed by atoms with Crippen molar-refractivity contribution < 1.29 is 13.7 Å². The highest BCUT2D eigenvalue weighted by Crippen LogP contribution is 2.24. The SMILES string of the molecule is O=[N+]([O-])c1cc2cc(F)ccc2o1. The van der Waals surface area contributed by atoms with Crippen LogP contribution in [0.3, 0.4) is 0 Å². The van der Waals surface area contributed by atoms with E-state index >= 15 is 0 Å². The standard InChI is InChI=1S/C8H4FNO3/c9-6-1-2-7-5(3-6)4-8(13-7)10(11)12/h1-4H. The molecule has 1 aromatic carbocycles. The molecule has 0 N–H and O–H groups in total. The van der Waals surface area contributed by atoms with Gasteiger partial charge >= 0.3 is 5.88 Å². The van der Waals surface area contributed by atoms with Gasteiger partial charge in [-0.05, 0) is 18.2 Å². The zero-order chi connectivity index (χ0) is 9.42. The summed E-state index contributed by atoms with van der Waals surface area (Å²) in [6.45, 7) is 0.